The van der Waals surface area contributed by atoms with Crippen LogP contribution in [0.1, 0.15) is 11.8 Å². The maximum Gasteiger partial charge on any atom is 0.240 e. The topological polar surface area (TPSA) is 94.3 Å². The highest BCUT2D eigenvalue weighted by molar-refractivity contribution is 7.18. The van der Waals surface area contributed by atoms with Crippen molar-refractivity contribution in [3.8, 4) is 0 Å². The lowest BCUT2D eigenvalue weighted by molar-refractivity contribution is 0.0365. The summed E-state index contributed by atoms with van der Waals surface area (Å²) in [7, 11) is 3.31. The number of aromatic nitrogens is 2. The number of nitrogen functional groups attached to an aromatic ring is 1. The molecule has 0 aromatic carbocycles. The SMILES string of the molecule is CCc1cc2c(NCC(COC)OC)nc(NN)nc2s1. The first-order valence-corrected chi connectivity index (χ1v) is 7.56. The maximum atomic E-state index is 5.44. The predicted molar refractivity (Wildman–Crippen MR) is 85.8 cm³/mol. The lowest BCUT2D eigenvalue weighted by atomic mass is 10.3. The number of thiophene rings is 1. The van der Waals surface area contributed by atoms with Crippen LogP contribution in [0.5, 0.6) is 0 Å². The first-order valence-electron chi connectivity index (χ1n) is 6.74. The molecule has 2 aromatic rings. The van der Waals surface area contributed by atoms with Gasteiger partial charge in [-0.15, -0.1) is 11.3 Å². The highest BCUT2D eigenvalue weighted by atomic mass is 32.1. The molecule has 2 aromatic heterocycles. The number of hydrazine groups is 1. The summed E-state index contributed by atoms with van der Waals surface area (Å²) < 4.78 is 10.4. The summed E-state index contributed by atoms with van der Waals surface area (Å²) in [6.45, 7) is 3.23. The van der Waals surface area contributed by atoms with E-state index in [9.17, 15) is 0 Å². The Hall–Kier alpha value is -1.48. The number of hydrogen-bond donors (Lipinski definition) is 3. The maximum absolute atomic E-state index is 5.44. The number of nitrogens with zero attached hydrogens (tertiary/aromatic N) is 2. The molecule has 1 unspecified atom stereocenters. The fraction of sp³-hybridized carbons (Fsp3) is 0.538. The van der Waals surface area contributed by atoms with Gasteiger partial charge in [-0.1, -0.05) is 6.92 Å². The van der Waals surface area contributed by atoms with Gasteiger partial charge in [-0.3, -0.25) is 5.43 Å². The second kappa shape index (κ2) is 7.51. The molecule has 0 saturated carbocycles. The van der Waals surface area contributed by atoms with E-state index in [4.69, 9.17) is 15.3 Å². The van der Waals surface area contributed by atoms with Crippen molar-refractivity contribution in [1.82, 2.24) is 9.97 Å². The molecular formula is C13H21N5O2S. The average molecular weight is 311 g/mol. The number of fused-ring (bicyclic) bond motifs is 1. The first-order chi connectivity index (χ1) is 10.2. The Kier molecular flexibility index (Phi) is 5.68. The van der Waals surface area contributed by atoms with Crippen molar-refractivity contribution in [3.63, 3.8) is 0 Å². The monoisotopic (exact) mass is 311 g/mol. The molecule has 0 saturated heterocycles. The van der Waals surface area contributed by atoms with Crippen molar-refractivity contribution in [1.29, 1.82) is 0 Å². The summed E-state index contributed by atoms with van der Waals surface area (Å²) in [6.07, 6.45) is 0.925. The molecule has 7 nitrogen and oxygen atoms in total. The minimum atomic E-state index is -0.0430. The fourth-order valence-corrected chi connectivity index (χ4v) is 2.92. The minimum absolute atomic E-state index is 0.0430. The average Bonchev–Trinajstić information content (AvgIpc) is 2.94. The number of hydrogen-bond acceptors (Lipinski definition) is 8. The highest BCUT2D eigenvalue weighted by Crippen LogP contribution is 2.30. The number of nitrogens with one attached hydrogen (secondary N) is 2. The Morgan fingerprint density at radius 1 is 1.38 bits per heavy atom. The van der Waals surface area contributed by atoms with Gasteiger partial charge in [0.2, 0.25) is 5.95 Å². The number of methoxy groups -OCH3 is 2. The summed E-state index contributed by atoms with van der Waals surface area (Å²) in [5, 5.41) is 4.29. The number of aryl methyl sites for hydroxylation is 1. The van der Waals surface area contributed by atoms with Gasteiger partial charge in [0.15, 0.2) is 0 Å². The quantitative estimate of drug-likeness (QED) is 0.503. The van der Waals surface area contributed by atoms with Crippen LogP contribution in [0, 0.1) is 0 Å². The van der Waals surface area contributed by atoms with Gasteiger partial charge in [-0.05, 0) is 12.5 Å². The molecule has 0 radical (unpaired) electrons. The third-order valence-corrected chi connectivity index (χ3v) is 4.28. The lowest BCUT2D eigenvalue weighted by Gasteiger charge is -2.16. The number of anilines is 2. The van der Waals surface area contributed by atoms with Crippen LogP contribution in [-0.4, -0.2) is 43.4 Å². The van der Waals surface area contributed by atoms with Crippen LogP contribution >= 0.6 is 11.3 Å². The van der Waals surface area contributed by atoms with E-state index in [0.29, 0.717) is 19.1 Å². The summed E-state index contributed by atoms with van der Waals surface area (Å²) in [5.41, 5.74) is 2.50. The molecule has 8 heteroatoms. The summed E-state index contributed by atoms with van der Waals surface area (Å²) in [5.74, 6) is 6.59. The Morgan fingerprint density at radius 2 is 2.19 bits per heavy atom. The molecule has 0 bridgehead atoms. The summed E-state index contributed by atoms with van der Waals surface area (Å²) in [6, 6.07) is 2.11. The van der Waals surface area contributed by atoms with Crippen molar-refractivity contribution >= 4 is 33.3 Å². The molecule has 4 N–H and O–H groups in total. The summed E-state index contributed by atoms with van der Waals surface area (Å²) >= 11 is 1.65. The molecule has 21 heavy (non-hydrogen) atoms. The molecule has 0 aliphatic heterocycles. The molecule has 0 amide bonds. The minimum Gasteiger partial charge on any atom is -0.382 e. The van der Waals surface area contributed by atoms with Crippen LogP contribution in [0.4, 0.5) is 11.8 Å². The third kappa shape index (κ3) is 3.79. The molecule has 0 fully saturated rings. The lowest BCUT2D eigenvalue weighted by Crippen LogP contribution is -2.27. The van der Waals surface area contributed by atoms with Gasteiger partial charge in [0, 0.05) is 25.6 Å². The zero-order valence-electron chi connectivity index (χ0n) is 12.5. The molecule has 116 valence electrons. The van der Waals surface area contributed by atoms with E-state index in [0.717, 1.165) is 22.5 Å². The standard InChI is InChI=1S/C13H21N5O2S/c1-4-9-5-10-11(15-6-8(20-3)7-19-2)16-13(18-14)17-12(10)21-9/h5,8H,4,6-7,14H2,1-3H3,(H2,15,16,17,18). The zero-order chi connectivity index (χ0) is 15.2. The van der Waals surface area contributed by atoms with E-state index < -0.39 is 0 Å². The van der Waals surface area contributed by atoms with Crippen LogP contribution in [0.25, 0.3) is 10.2 Å². The Labute approximate surface area is 127 Å². The highest BCUT2D eigenvalue weighted by Gasteiger charge is 2.13. The van der Waals surface area contributed by atoms with E-state index in [1.54, 1.807) is 25.6 Å². The van der Waals surface area contributed by atoms with Crippen LogP contribution in [0.2, 0.25) is 0 Å². The largest absolute Gasteiger partial charge is 0.382 e. The molecule has 1 atom stereocenters. The van der Waals surface area contributed by atoms with Gasteiger partial charge < -0.3 is 14.8 Å². The van der Waals surface area contributed by atoms with Crippen LogP contribution in [0.3, 0.4) is 0 Å². The molecule has 2 rings (SSSR count). The van der Waals surface area contributed by atoms with Crippen LogP contribution in [-0.2, 0) is 15.9 Å². The van der Waals surface area contributed by atoms with E-state index in [-0.39, 0.29) is 6.10 Å². The van der Waals surface area contributed by atoms with E-state index in [2.05, 4.69) is 33.7 Å². The number of rotatable bonds is 8. The smallest absolute Gasteiger partial charge is 0.240 e. The third-order valence-electron chi connectivity index (χ3n) is 3.10. The normalized spacial score (nSPS) is 12.6. The Balaban J connectivity index is 2.26. The van der Waals surface area contributed by atoms with Crippen LogP contribution in [0.15, 0.2) is 6.07 Å². The van der Waals surface area contributed by atoms with E-state index in [1.807, 2.05) is 0 Å². The molecule has 0 spiro atoms. The summed E-state index contributed by atoms with van der Waals surface area (Å²) in [4.78, 5) is 10.9. The molecule has 0 aliphatic carbocycles. The molecule has 2 heterocycles. The van der Waals surface area contributed by atoms with E-state index >= 15 is 0 Å². The fourth-order valence-electron chi connectivity index (χ4n) is 1.95. The zero-order valence-corrected chi connectivity index (χ0v) is 13.3. The van der Waals surface area contributed by atoms with Gasteiger partial charge in [0.25, 0.3) is 0 Å². The van der Waals surface area contributed by atoms with Crippen LogP contribution < -0.4 is 16.6 Å². The molecular weight excluding hydrogens is 290 g/mol. The van der Waals surface area contributed by atoms with Gasteiger partial charge in [-0.25, -0.2) is 10.8 Å². The van der Waals surface area contributed by atoms with Gasteiger partial charge in [-0.2, -0.15) is 4.98 Å². The second-order valence-electron chi connectivity index (χ2n) is 4.52. The Morgan fingerprint density at radius 3 is 2.81 bits per heavy atom. The molecule has 0 aliphatic rings. The van der Waals surface area contributed by atoms with Gasteiger partial charge >= 0.3 is 0 Å². The Bertz CT molecular complexity index is 589. The van der Waals surface area contributed by atoms with E-state index in [1.165, 1.54) is 4.88 Å². The number of nitrogens with two attached hydrogens (primary N) is 1. The second-order valence-corrected chi connectivity index (χ2v) is 5.63. The van der Waals surface area contributed by atoms with Crippen molar-refractivity contribution in [2.45, 2.75) is 19.4 Å². The van der Waals surface area contributed by atoms with Gasteiger partial charge in [0.05, 0.1) is 18.1 Å². The van der Waals surface area contributed by atoms with Crippen molar-refractivity contribution in [2.75, 3.05) is 38.1 Å². The van der Waals surface area contributed by atoms with Crippen molar-refractivity contribution < 1.29 is 9.47 Å². The first kappa shape index (κ1) is 15.9. The van der Waals surface area contributed by atoms with Gasteiger partial charge in [0.1, 0.15) is 10.6 Å². The number of ether oxygens (including phenoxy) is 2. The van der Waals surface area contributed by atoms with Crippen molar-refractivity contribution in [2.24, 2.45) is 5.84 Å². The predicted octanol–water partition coefficient (Wildman–Crippen LogP) is 1.61. The van der Waals surface area contributed by atoms with Crippen molar-refractivity contribution in [3.05, 3.63) is 10.9 Å².